The first-order valence-corrected chi connectivity index (χ1v) is 7.46. The van der Waals surface area contributed by atoms with E-state index in [1.165, 1.54) is 57.8 Å². The topological polar surface area (TPSA) is 0 Å². The fourth-order valence-electron chi connectivity index (χ4n) is 2.27. The van der Waals surface area contributed by atoms with Gasteiger partial charge in [0.25, 0.3) is 0 Å². The fourth-order valence-corrected chi connectivity index (χ4v) is 3.92. The molecule has 14 heavy (non-hydrogen) atoms. The quantitative estimate of drug-likeness (QED) is 0.598. The molecule has 84 valence electrons. The first kappa shape index (κ1) is 12.4. The predicted molar refractivity (Wildman–Crippen MR) is 68.1 cm³/mol. The third-order valence-corrected chi connectivity index (χ3v) is 5.08. The molecule has 0 nitrogen and oxygen atoms in total. The standard InChI is InChI=1S/C13H26S/c1-3-5-9-12(4-2)14-13-10-7-6-8-11-13/h12-13H,3-11H2,1-2H3. The van der Waals surface area contributed by atoms with Crippen molar-refractivity contribution in [1.82, 2.24) is 0 Å². The molecular formula is C13H26S. The monoisotopic (exact) mass is 214 g/mol. The van der Waals surface area contributed by atoms with E-state index < -0.39 is 0 Å². The molecule has 1 atom stereocenters. The molecule has 1 rings (SSSR count). The minimum atomic E-state index is 0.957. The molecule has 0 amide bonds. The molecule has 0 aromatic rings. The van der Waals surface area contributed by atoms with Crippen LogP contribution in [-0.4, -0.2) is 10.5 Å². The number of hydrogen-bond acceptors (Lipinski definition) is 1. The van der Waals surface area contributed by atoms with Crippen molar-refractivity contribution in [2.24, 2.45) is 0 Å². The van der Waals surface area contributed by atoms with E-state index in [1.807, 2.05) is 0 Å². The number of unbranched alkanes of at least 4 members (excludes halogenated alkanes) is 1. The second kappa shape index (κ2) is 7.62. The molecular weight excluding hydrogens is 188 g/mol. The Kier molecular flexibility index (Phi) is 6.76. The molecule has 1 saturated carbocycles. The Morgan fingerprint density at radius 1 is 1.14 bits per heavy atom. The summed E-state index contributed by atoms with van der Waals surface area (Å²) in [6.07, 6.45) is 13.1. The van der Waals surface area contributed by atoms with E-state index in [4.69, 9.17) is 0 Å². The number of rotatable bonds is 6. The zero-order valence-electron chi connectivity index (χ0n) is 9.93. The fraction of sp³-hybridized carbons (Fsp3) is 1.00. The molecule has 1 aliphatic carbocycles. The van der Waals surface area contributed by atoms with Crippen molar-refractivity contribution in [3.8, 4) is 0 Å². The van der Waals surface area contributed by atoms with Gasteiger partial charge >= 0.3 is 0 Å². The Bertz CT molecular complexity index is 127. The van der Waals surface area contributed by atoms with Crippen LogP contribution in [0.4, 0.5) is 0 Å². The van der Waals surface area contributed by atoms with Crippen LogP contribution in [0.1, 0.15) is 71.6 Å². The van der Waals surface area contributed by atoms with Crippen molar-refractivity contribution in [2.75, 3.05) is 0 Å². The summed E-state index contributed by atoms with van der Waals surface area (Å²) < 4.78 is 0. The molecule has 0 saturated heterocycles. The van der Waals surface area contributed by atoms with Crippen molar-refractivity contribution >= 4 is 11.8 Å². The van der Waals surface area contributed by atoms with Gasteiger partial charge in [-0.3, -0.25) is 0 Å². The second-order valence-corrected chi connectivity index (χ2v) is 6.17. The summed E-state index contributed by atoms with van der Waals surface area (Å²) in [6, 6.07) is 0. The summed E-state index contributed by atoms with van der Waals surface area (Å²) >= 11 is 2.31. The van der Waals surface area contributed by atoms with Crippen molar-refractivity contribution in [3.05, 3.63) is 0 Å². The van der Waals surface area contributed by atoms with Gasteiger partial charge in [-0.15, -0.1) is 0 Å². The molecule has 1 unspecified atom stereocenters. The normalized spacial score (nSPS) is 21.0. The van der Waals surface area contributed by atoms with Gasteiger partial charge < -0.3 is 0 Å². The van der Waals surface area contributed by atoms with Crippen LogP contribution in [0.15, 0.2) is 0 Å². The van der Waals surface area contributed by atoms with Crippen LogP contribution in [-0.2, 0) is 0 Å². The van der Waals surface area contributed by atoms with Crippen molar-refractivity contribution in [1.29, 1.82) is 0 Å². The molecule has 0 heterocycles. The summed E-state index contributed by atoms with van der Waals surface area (Å²) in [5, 5.41) is 1.96. The first-order valence-electron chi connectivity index (χ1n) is 6.52. The lowest BCUT2D eigenvalue weighted by molar-refractivity contribution is 0.513. The molecule has 1 aliphatic rings. The van der Waals surface area contributed by atoms with Gasteiger partial charge in [0.15, 0.2) is 0 Å². The van der Waals surface area contributed by atoms with Crippen LogP contribution in [0.5, 0.6) is 0 Å². The van der Waals surface area contributed by atoms with Gasteiger partial charge in [-0.05, 0) is 25.7 Å². The van der Waals surface area contributed by atoms with Crippen molar-refractivity contribution in [3.63, 3.8) is 0 Å². The Labute approximate surface area is 94.2 Å². The third-order valence-electron chi connectivity index (χ3n) is 3.27. The minimum absolute atomic E-state index is 0.957. The summed E-state index contributed by atoms with van der Waals surface area (Å²) in [4.78, 5) is 0. The molecule has 1 heteroatoms. The lowest BCUT2D eigenvalue weighted by Gasteiger charge is -2.25. The zero-order valence-corrected chi connectivity index (χ0v) is 10.7. The van der Waals surface area contributed by atoms with E-state index in [-0.39, 0.29) is 0 Å². The molecule has 0 aliphatic heterocycles. The number of hydrogen-bond donors (Lipinski definition) is 0. The third kappa shape index (κ3) is 4.72. The average Bonchev–Trinajstić information content (AvgIpc) is 2.25. The van der Waals surface area contributed by atoms with Gasteiger partial charge in [0.2, 0.25) is 0 Å². The molecule has 0 aromatic carbocycles. The molecule has 1 fully saturated rings. The maximum absolute atomic E-state index is 2.36. The highest BCUT2D eigenvalue weighted by atomic mass is 32.2. The molecule has 0 aromatic heterocycles. The largest absolute Gasteiger partial charge is 0.155 e. The lowest BCUT2D eigenvalue weighted by atomic mass is 10.0. The van der Waals surface area contributed by atoms with E-state index in [2.05, 4.69) is 25.6 Å². The van der Waals surface area contributed by atoms with Gasteiger partial charge in [0, 0.05) is 10.5 Å². The molecule has 0 radical (unpaired) electrons. The molecule has 0 spiro atoms. The Morgan fingerprint density at radius 2 is 1.86 bits per heavy atom. The summed E-state index contributed by atoms with van der Waals surface area (Å²) in [5.41, 5.74) is 0. The van der Waals surface area contributed by atoms with Gasteiger partial charge in [0.1, 0.15) is 0 Å². The molecule has 0 bridgehead atoms. The second-order valence-electron chi connectivity index (χ2n) is 4.57. The van der Waals surface area contributed by atoms with Crippen molar-refractivity contribution < 1.29 is 0 Å². The van der Waals surface area contributed by atoms with E-state index in [9.17, 15) is 0 Å². The highest BCUT2D eigenvalue weighted by Crippen LogP contribution is 2.33. The van der Waals surface area contributed by atoms with Gasteiger partial charge in [-0.25, -0.2) is 0 Å². The first-order chi connectivity index (χ1) is 6.86. The minimum Gasteiger partial charge on any atom is -0.155 e. The zero-order chi connectivity index (χ0) is 10.2. The number of thioether (sulfide) groups is 1. The summed E-state index contributed by atoms with van der Waals surface area (Å²) in [7, 11) is 0. The van der Waals surface area contributed by atoms with E-state index in [1.54, 1.807) is 0 Å². The average molecular weight is 214 g/mol. The SMILES string of the molecule is CCCCC(CC)SC1CCCCC1. The Morgan fingerprint density at radius 3 is 2.43 bits per heavy atom. The van der Waals surface area contributed by atoms with E-state index >= 15 is 0 Å². The van der Waals surface area contributed by atoms with Gasteiger partial charge in [-0.2, -0.15) is 11.8 Å². The Hall–Kier alpha value is 0.350. The highest BCUT2D eigenvalue weighted by molar-refractivity contribution is 8.00. The van der Waals surface area contributed by atoms with E-state index in [0.29, 0.717) is 0 Å². The van der Waals surface area contributed by atoms with Crippen molar-refractivity contribution in [2.45, 2.75) is 82.1 Å². The summed E-state index contributed by atoms with van der Waals surface area (Å²) in [6.45, 7) is 4.66. The highest BCUT2D eigenvalue weighted by Gasteiger charge is 2.17. The van der Waals surface area contributed by atoms with Gasteiger partial charge in [0.05, 0.1) is 0 Å². The van der Waals surface area contributed by atoms with Crippen LogP contribution in [0, 0.1) is 0 Å². The van der Waals surface area contributed by atoms with Crippen LogP contribution >= 0.6 is 11.8 Å². The van der Waals surface area contributed by atoms with Crippen LogP contribution in [0.25, 0.3) is 0 Å². The van der Waals surface area contributed by atoms with E-state index in [0.717, 1.165) is 10.5 Å². The molecule has 0 N–H and O–H groups in total. The maximum Gasteiger partial charge on any atom is 0.00498 e. The van der Waals surface area contributed by atoms with Crippen LogP contribution < -0.4 is 0 Å². The smallest absolute Gasteiger partial charge is 0.00498 e. The van der Waals surface area contributed by atoms with Gasteiger partial charge in [-0.1, -0.05) is 46.0 Å². The van der Waals surface area contributed by atoms with Crippen LogP contribution in [0.2, 0.25) is 0 Å². The Balaban J connectivity index is 2.16. The maximum atomic E-state index is 2.36. The van der Waals surface area contributed by atoms with Crippen LogP contribution in [0.3, 0.4) is 0 Å². The lowest BCUT2D eigenvalue weighted by Crippen LogP contribution is -2.13. The predicted octanol–water partition coefficient (Wildman–Crippen LogP) is 5.02. The summed E-state index contributed by atoms with van der Waals surface area (Å²) in [5.74, 6) is 0.